The highest BCUT2D eigenvalue weighted by atomic mass is 19.1. The summed E-state index contributed by atoms with van der Waals surface area (Å²) in [5.41, 5.74) is 0. The molecule has 0 fully saturated rings. The van der Waals surface area contributed by atoms with Crippen LogP contribution in [0.4, 0.5) is 4.39 Å². The molecule has 0 amide bonds. The van der Waals surface area contributed by atoms with Crippen LogP contribution in [0.2, 0.25) is 0 Å². The third kappa shape index (κ3) is 2.64. The summed E-state index contributed by atoms with van der Waals surface area (Å²) in [7, 11) is 0. The van der Waals surface area contributed by atoms with Crippen LogP contribution in [0.25, 0.3) is 0 Å². The molecule has 0 radical (unpaired) electrons. The van der Waals surface area contributed by atoms with Crippen molar-refractivity contribution in [2.75, 3.05) is 0 Å². The molecule has 0 aliphatic heterocycles. The van der Waals surface area contributed by atoms with Gasteiger partial charge in [-0.25, -0.2) is 4.39 Å². The number of hydrogen-bond donors (Lipinski definition) is 0. The highest BCUT2D eigenvalue weighted by Gasteiger charge is 2.05. The van der Waals surface area contributed by atoms with Crippen molar-refractivity contribution in [3.63, 3.8) is 0 Å². The third-order valence-electron chi connectivity index (χ3n) is 1.70. The van der Waals surface area contributed by atoms with E-state index in [2.05, 4.69) is 12.2 Å². The molecule has 0 spiro atoms. The van der Waals surface area contributed by atoms with Crippen molar-refractivity contribution in [2.45, 2.75) is 38.3 Å². The molecule has 1 aliphatic rings. The molecule has 1 unspecified atom stereocenters. The Bertz CT molecular complexity index is 96.7. The molecule has 9 heavy (non-hydrogen) atoms. The van der Waals surface area contributed by atoms with Crippen LogP contribution in [-0.2, 0) is 0 Å². The van der Waals surface area contributed by atoms with Gasteiger partial charge in [-0.05, 0) is 32.1 Å². The standard InChI is InChI=1S/C8H13F/c9-8-6-4-2-1-3-5-7-8/h1-2,8H,3-7H2/b2-1-. The van der Waals surface area contributed by atoms with Gasteiger partial charge in [0.05, 0.1) is 0 Å². The Hall–Kier alpha value is -0.330. The second-order valence-corrected chi connectivity index (χ2v) is 2.58. The largest absolute Gasteiger partial charge is 0.247 e. The molecule has 1 heteroatoms. The quantitative estimate of drug-likeness (QED) is 0.440. The first-order valence-electron chi connectivity index (χ1n) is 3.68. The zero-order valence-corrected chi connectivity index (χ0v) is 5.65. The minimum Gasteiger partial charge on any atom is -0.247 e. The number of hydrogen-bond acceptors (Lipinski definition) is 0. The lowest BCUT2D eigenvalue weighted by molar-refractivity contribution is 0.290. The summed E-state index contributed by atoms with van der Waals surface area (Å²) in [6.45, 7) is 0. The summed E-state index contributed by atoms with van der Waals surface area (Å²) in [5, 5.41) is 0. The second kappa shape index (κ2) is 3.65. The van der Waals surface area contributed by atoms with Gasteiger partial charge in [0.1, 0.15) is 6.17 Å². The Morgan fingerprint density at radius 2 is 1.89 bits per heavy atom. The molecular weight excluding hydrogens is 115 g/mol. The van der Waals surface area contributed by atoms with Gasteiger partial charge in [-0.2, -0.15) is 0 Å². The number of alkyl halides is 1. The van der Waals surface area contributed by atoms with E-state index in [0.717, 1.165) is 32.1 Å². The van der Waals surface area contributed by atoms with Crippen molar-refractivity contribution in [1.29, 1.82) is 0 Å². The molecule has 0 N–H and O–H groups in total. The van der Waals surface area contributed by atoms with Crippen LogP contribution in [-0.4, -0.2) is 6.17 Å². The molecular formula is C8H13F. The molecule has 0 aromatic heterocycles. The molecule has 1 aliphatic carbocycles. The molecule has 0 saturated heterocycles. The molecule has 0 heterocycles. The fraction of sp³-hybridized carbons (Fsp3) is 0.750. The number of rotatable bonds is 0. The van der Waals surface area contributed by atoms with Crippen LogP contribution in [0.5, 0.6) is 0 Å². The summed E-state index contributed by atoms with van der Waals surface area (Å²) in [5.74, 6) is 0. The molecule has 0 bridgehead atoms. The number of halogens is 1. The molecule has 1 atom stereocenters. The normalized spacial score (nSPS) is 32.8. The third-order valence-corrected chi connectivity index (χ3v) is 1.70. The molecule has 0 aromatic rings. The Morgan fingerprint density at radius 1 is 1.11 bits per heavy atom. The predicted octanol–water partition coefficient (Wildman–Crippen LogP) is 2.84. The van der Waals surface area contributed by atoms with Crippen LogP contribution in [0.3, 0.4) is 0 Å². The van der Waals surface area contributed by atoms with E-state index in [1.807, 2.05) is 0 Å². The van der Waals surface area contributed by atoms with Gasteiger partial charge in [0.15, 0.2) is 0 Å². The van der Waals surface area contributed by atoms with Crippen molar-refractivity contribution in [1.82, 2.24) is 0 Å². The second-order valence-electron chi connectivity index (χ2n) is 2.58. The fourth-order valence-corrected chi connectivity index (χ4v) is 1.11. The van der Waals surface area contributed by atoms with Crippen LogP contribution in [0.15, 0.2) is 12.2 Å². The first kappa shape index (κ1) is 6.79. The van der Waals surface area contributed by atoms with Gasteiger partial charge in [0.25, 0.3) is 0 Å². The van der Waals surface area contributed by atoms with E-state index in [0.29, 0.717) is 0 Å². The number of allylic oxidation sites excluding steroid dienone is 2. The van der Waals surface area contributed by atoms with Gasteiger partial charge in [-0.1, -0.05) is 12.2 Å². The van der Waals surface area contributed by atoms with Crippen molar-refractivity contribution >= 4 is 0 Å². The molecule has 52 valence electrons. The monoisotopic (exact) mass is 128 g/mol. The predicted molar refractivity (Wildman–Crippen MR) is 37.1 cm³/mol. The van der Waals surface area contributed by atoms with Crippen LogP contribution >= 0.6 is 0 Å². The topological polar surface area (TPSA) is 0 Å². The zero-order valence-electron chi connectivity index (χ0n) is 5.65. The maximum absolute atomic E-state index is 12.6. The Balaban J connectivity index is 2.27. The van der Waals surface area contributed by atoms with Gasteiger partial charge < -0.3 is 0 Å². The summed E-state index contributed by atoms with van der Waals surface area (Å²) >= 11 is 0. The summed E-state index contributed by atoms with van der Waals surface area (Å²) in [6, 6.07) is 0. The van der Waals surface area contributed by atoms with Crippen molar-refractivity contribution in [3.8, 4) is 0 Å². The molecule has 0 nitrogen and oxygen atoms in total. The molecule has 1 rings (SSSR count). The summed E-state index contributed by atoms with van der Waals surface area (Å²) < 4.78 is 12.6. The minimum absolute atomic E-state index is 0.532. The van der Waals surface area contributed by atoms with Crippen molar-refractivity contribution < 1.29 is 4.39 Å². The Kier molecular flexibility index (Phi) is 2.75. The van der Waals surface area contributed by atoms with Crippen LogP contribution < -0.4 is 0 Å². The zero-order chi connectivity index (χ0) is 6.53. The molecule has 0 aromatic carbocycles. The molecule has 0 saturated carbocycles. The van der Waals surface area contributed by atoms with Gasteiger partial charge >= 0.3 is 0 Å². The van der Waals surface area contributed by atoms with Gasteiger partial charge in [0, 0.05) is 0 Å². The van der Waals surface area contributed by atoms with E-state index in [4.69, 9.17) is 0 Å². The van der Waals surface area contributed by atoms with E-state index in [1.165, 1.54) is 0 Å². The lowest BCUT2D eigenvalue weighted by Gasteiger charge is -2.07. The SMILES string of the molecule is FC1CC/C=C\CCC1. The van der Waals surface area contributed by atoms with Crippen molar-refractivity contribution in [2.24, 2.45) is 0 Å². The van der Waals surface area contributed by atoms with Gasteiger partial charge in [-0.3, -0.25) is 0 Å². The maximum atomic E-state index is 12.6. The lowest BCUT2D eigenvalue weighted by Crippen LogP contribution is -1.99. The smallest absolute Gasteiger partial charge is 0.100 e. The first-order valence-corrected chi connectivity index (χ1v) is 3.68. The summed E-state index contributed by atoms with van der Waals surface area (Å²) in [4.78, 5) is 0. The van der Waals surface area contributed by atoms with E-state index < -0.39 is 6.17 Å². The lowest BCUT2D eigenvalue weighted by atomic mass is 10.0. The first-order chi connectivity index (χ1) is 4.39. The van der Waals surface area contributed by atoms with E-state index in [1.54, 1.807) is 0 Å². The Morgan fingerprint density at radius 3 is 2.78 bits per heavy atom. The highest BCUT2D eigenvalue weighted by Crippen LogP contribution is 2.14. The minimum atomic E-state index is -0.532. The van der Waals surface area contributed by atoms with Gasteiger partial charge in [0.2, 0.25) is 0 Å². The highest BCUT2D eigenvalue weighted by molar-refractivity contribution is 4.84. The van der Waals surface area contributed by atoms with E-state index >= 15 is 0 Å². The van der Waals surface area contributed by atoms with E-state index in [9.17, 15) is 4.39 Å². The van der Waals surface area contributed by atoms with Crippen molar-refractivity contribution in [3.05, 3.63) is 12.2 Å². The fourth-order valence-electron chi connectivity index (χ4n) is 1.11. The van der Waals surface area contributed by atoms with Gasteiger partial charge in [-0.15, -0.1) is 0 Å². The average Bonchev–Trinajstić information content (AvgIpc) is 1.79. The Labute approximate surface area is 55.8 Å². The summed E-state index contributed by atoms with van der Waals surface area (Å²) in [6.07, 6.45) is 8.24. The van der Waals surface area contributed by atoms with Crippen LogP contribution in [0, 0.1) is 0 Å². The van der Waals surface area contributed by atoms with E-state index in [-0.39, 0.29) is 0 Å². The maximum Gasteiger partial charge on any atom is 0.100 e. The average molecular weight is 128 g/mol. The van der Waals surface area contributed by atoms with Crippen LogP contribution in [0.1, 0.15) is 32.1 Å².